The molecule has 1 saturated heterocycles. The van der Waals surface area contributed by atoms with Crippen molar-refractivity contribution in [1.29, 1.82) is 0 Å². The van der Waals surface area contributed by atoms with E-state index < -0.39 is 29.4 Å². The lowest BCUT2D eigenvalue weighted by molar-refractivity contribution is -0.0318. The number of rotatable bonds is 7. The Morgan fingerprint density at radius 3 is 1.77 bits per heavy atom. The van der Waals surface area contributed by atoms with E-state index in [4.69, 9.17) is 9.31 Å². The van der Waals surface area contributed by atoms with Crippen LogP contribution in [-0.4, -0.2) is 48.2 Å². The van der Waals surface area contributed by atoms with Gasteiger partial charge in [-0.05, 0) is 32.8 Å². The molecule has 0 saturated carbocycles. The highest BCUT2D eigenvalue weighted by molar-refractivity contribution is 7.89. The molecule has 0 aliphatic carbocycles. The zero-order chi connectivity index (χ0) is 23.2. The molecule has 0 aromatic heterocycles. The van der Waals surface area contributed by atoms with Gasteiger partial charge in [0.25, 0.3) is 0 Å². The molecule has 1 aliphatic heterocycles. The van der Waals surface area contributed by atoms with Gasteiger partial charge < -0.3 is 9.31 Å². The predicted molar refractivity (Wildman–Crippen MR) is 146 cm³/mol. The van der Waals surface area contributed by atoms with E-state index in [2.05, 4.69) is 110 Å². The molecule has 30 heavy (non-hydrogen) atoms. The molecule has 170 valence electrons. The Kier molecular flexibility index (Phi) is 7.71. The van der Waals surface area contributed by atoms with E-state index in [9.17, 15) is 0 Å². The van der Waals surface area contributed by atoms with Gasteiger partial charge in [0.05, 0.1) is 5.60 Å². The molecule has 1 fully saturated rings. The average molecular weight is 479 g/mol. The van der Waals surface area contributed by atoms with Gasteiger partial charge in [-0.15, -0.1) is 0 Å². The highest BCUT2D eigenvalue weighted by Crippen LogP contribution is 2.46. The summed E-state index contributed by atoms with van der Waals surface area (Å²) in [6.45, 7) is 29.3. The van der Waals surface area contributed by atoms with Gasteiger partial charge >= 0.3 is 7.12 Å². The molecule has 1 aromatic carbocycles. The maximum absolute atomic E-state index is 6.69. The quantitative estimate of drug-likeness (QED) is 0.389. The van der Waals surface area contributed by atoms with Gasteiger partial charge in [-0.3, -0.25) is 0 Å². The van der Waals surface area contributed by atoms with Crippen LogP contribution in [0.4, 0.5) is 0 Å². The Morgan fingerprint density at radius 1 is 0.900 bits per heavy atom. The Balaban J connectivity index is 2.66. The van der Waals surface area contributed by atoms with Crippen LogP contribution in [0.1, 0.15) is 38.6 Å². The topological polar surface area (TPSA) is 18.5 Å². The minimum atomic E-state index is -1.54. The van der Waals surface area contributed by atoms with E-state index in [0.29, 0.717) is 5.82 Å². The number of benzene rings is 1. The SMILES string of the molecule is CC1CC(C)(C)OB(C(C[Si]([Si](C)(C)C)([Si](C)(C)C)[Si](C)(C)C)c2ccccc2)O1. The zero-order valence-electron chi connectivity index (χ0n) is 21.8. The molecule has 0 radical (unpaired) electrons. The maximum Gasteiger partial charge on any atom is 0.465 e. The second-order valence-electron chi connectivity index (χ2n) is 13.3. The molecule has 1 aliphatic rings. The van der Waals surface area contributed by atoms with Gasteiger partial charge in [0.15, 0.2) is 0 Å². The van der Waals surface area contributed by atoms with Crippen LogP contribution in [0.5, 0.6) is 0 Å². The van der Waals surface area contributed by atoms with Crippen molar-refractivity contribution >= 4 is 36.5 Å². The van der Waals surface area contributed by atoms with Gasteiger partial charge in [-0.1, -0.05) is 95.3 Å². The van der Waals surface area contributed by atoms with E-state index in [0.717, 1.165) is 6.42 Å². The van der Waals surface area contributed by atoms with Gasteiger partial charge in [0.1, 0.15) is 0 Å². The van der Waals surface area contributed by atoms with Gasteiger partial charge in [-0.2, -0.15) is 0 Å². The zero-order valence-corrected chi connectivity index (χ0v) is 25.8. The van der Waals surface area contributed by atoms with Crippen LogP contribution in [0.15, 0.2) is 30.3 Å². The van der Waals surface area contributed by atoms with Crippen LogP contribution in [0.2, 0.25) is 65.0 Å². The average Bonchev–Trinajstić information content (AvgIpc) is 2.50. The van der Waals surface area contributed by atoms with E-state index in [-0.39, 0.29) is 18.8 Å². The first-order valence-corrected chi connectivity index (χ1v) is 27.5. The molecule has 0 N–H and O–H groups in total. The normalized spacial score (nSPS) is 22.1. The number of hydrogen-bond acceptors (Lipinski definition) is 2. The third-order valence-electron chi connectivity index (χ3n) is 7.50. The Morgan fingerprint density at radius 2 is 1.37 bits per heavy atom. The molecule has 0 bridgehead atoms. The van der Waals surface area contributed by atoms with Gasteiger partial charge in [0, 0.05) is 41.3 Å². The van der Waals surface area contributed by atoms with Crippen LogP contribution < -0.4 is 0 Å². The van der Waals surface area contributed by atoms with Crippen LogP contribution in [0.3, 0.4) is 0 Å². The van der Waals surface area contributed by atoms with Crippen molar-refractivity contribution in [2.75, 3.05) is 0 Å². The molecule has 0 amide bonds. The van der Waals surface area contributed by atoms with E-state index in [1.807, 2.05) is 0 Å². The minimum absolute atomic E-state index is 0.128. The van der Waals surface area contributed by atoms with Crippen LogP contribution in [0.25, 0.3) is 0 Å². The minimum Gasteiger partial charge on any atom is -0.408 e. The Bertz CT molecular complexity index is 669. The summed E-state index contributed by atoms with van der Waals surface area (Å²) < 4.78 is 13.3. The highest BCUT2D eigenvalue weighted by atomic mass is 29.9. The lowest BCUT2D eigenvalue weighted by Gasteiger charge is -2.59. The van der Waals surface area contributed by atoms with Crippen molar-refractivity contribution in [3.05, 3.63) is 35.9 Å². The predicted octanol–water partition coefficient (Wildman–Crippen LogP) is 7.10. The molecule has 0 spiro atoms. The van der Waals surface area contributed by atoms with Crippen molar-refractivity contribution in [2.24, 2.45) is 0 Å². The molecular weight excluding hydrogens is 431 g/mol. The molecular formula is C23H47BO2Si4. The van der Waals surface area contributed by atoms with Gasteiger partial charge in [-0.25, -0.2) is 0 Å². The molecule has 1 aromatic rings. The summed E-state index contributed by atoms with van der Waals surface area (Å²) in [6.07, 6.45) is 1.20. The van der Waals surface area contributed by atoms with E-state index in [1.165, 1.54) is 11.6 Å². The van der Waals surface area contributed by atoms with Crippen molar-refractivity contribution in [1.82, 2.24) is 0 Å². The number of hydrogen-bond donors (Lipinski definition) is 0. The van der Waals surface area contributed by atoms with E-state index >= 15 is 0 Å². The summed E-state index contributed by atoms with van der Waals surface area (Å²) in [5.74, 6) is 0.338. The fraction of sp³-hybridized carbons (Fsp3) is 0.739. The maximum atomic E-state index is 6.69. The monoisotopic (exact) mass is 478 g/mol. The molecule has 2 nitrogen and oxygen atoms in total. The summed E-state index contributed by atoms with van der Waals surface area (Å²) in [5, 5.41) is 0. The Hall–Kier alpha value is 0.0725. The first-order valence-electron chi connectivity index (χ1n) is 11.8. The third-order valence-corrected chi connectivity index (χ3v) is 81.6. The smallest absolute Gasteiger partial charge is 0.408 e. The lowest BCUT2D eigenvalue weighted by Crippen LogP contribution is -2.83. The summed E-state index contributed by atoms with van der Waals surface area (Å²) in [6, 6.07) is 12.5. The van der Waals surface area contributed by atoms with Crippen molar-refractivity contribution in [3.63, 3.8) is 0 Å². The van der Waals surface area contributed by atoms with Gasteiger partial charge in [0.2, 0.25) is 0 Å². The molecule has 7 heteroatoms. The molecule has 2 rings (SSSR count). The summed E-state index contributed by atoms with van der Waals surface area (Å²) in [7, 11) is -4.24. The molecule has 2 atom stereocenters. The van der Waals surface area contributed by atoms with Crippen molar-refractivity contribution in [2.45, 2.75) is 110 Å². The first-order chi connectivity index (χ1) is 13.4. The second-order valence-corrected chi connectivity index (χ2v) is 54.7. The third kappa shape index (κ3) is 5.34. The van der Waals surface area contributed by atoms with E-state index in [1.54, 1.807) is 0 Å². The summed E-state index contributed by atoms with van der Waals surface area (Å²) in [4.78, 5) is 0. The van der Waals surface area contributed by atoms with Crippen LogP contribution in [-0.2, 0) is 9.31 Å². The highest BCUT2D eigenvalue weighted by Gasteiger charge is 2.63. The molecule has 1 heterocycles. The Labute approximate surface area is 191 Å². The van der Waals surface area contributed by atoms with Crippen LogP contribution >= 0.6 is 0 Å². The fourth-order valence-electron chi connectivity index (χ4n) is 7.23. The largest absolute Gasteiger partial charge is 0.465 e. The second kappa shape index (κ2) is 8.78. The van der Waals surface area contributed by atoms with Crippen LogP contribution in [0, 0.1) is 0 Å². The fourth-order valence-corrected chi connectivity index (χ4v) is 105. The summed E-state index contributed by atoms with van der Waals surface area (Å²) in [5.41, 5.74) is 1.29. The molecule has 2 unspecified atom stereocenters. The van der Waals surface area contributed by atoms with Crippen molar-refractivity contribution in [3.8, 4) is 0 Å². The standard InChI is InChI=1S/C23H47BO2Si4/c1-20-18-23(2,3)26-24(25-20)22(21-16-14-13-15-17-21)19-30(27(4,5)6,28(7,8)9)29(10,11)12/h13-17,20,22H,18-19H2,1-12H3. The summed E-state index contributed by atoms with van der Waals surface area (Å²) >= 11 is 0. The van der Waals surface area contributed by atoms with Crippen molar-refractivity contribution < 1.29 is 9.31 Å². The lowest BCUT2D eigenvalue weighted by atomic mass is 9.66. The first kappa shape index (κ1) is 26.3.